The highest BCUT2D eigenvalue weighted by molar-refractivity contribution is 5.34. The van der Waals surface area contributed by atoms with Crippen LogP contribution in [0.4, 0.5) is 10.3 Å². The molecule has 2 fully saturated rings. The van der Waals surface area contributed by atoms with Crippen molar-refractivity contribution in [3.63, 3.8) is 0 Å². The number of ether oxygens (including phenoxy) is 1. The lowest BCUT2D eigenvalue weighted by atomic mass is 9.93. The molecule has 1 saturated heterocycles. The lowest BCUT2D eigenvalue weighted by Crippen LogP contribution is -2.49. The van der Waals surface area contributed by atoms with Crippen LogP contribution in [0.1, 0.15) is 32.1 Å². The van der Waals surface area contributed by atoms with Gasteiger partial charge in [0.25, 0.3) is 0 Å². The molecular formula is C14H20FN3O. The van der Waals surface area contributed by atoms with Crippen LogP contribution in [0, 0.1) is 0 Å². The van der Waals surface area contributed by atoms with E-state index < -0.39 is 6.17 Å². The van der Waals surface area contributed by atoms with Crippen LogP contribution >= 0.6 is 0 Å². The molecule has 1 aliphatic heterocycles. The first kappa shape index (κ1) is 12.8. The molecule has 4 nitrogen and oxygen atoms in total. The van der Waals surface area contributed by atoms with Crippen molar-refractivity contribution in [2.75, 3.05) is 18.1 Å². The van der Waals surface area contributed by atoms with E-state index in [0.717, 1.165) is 12.8 Å². The molecule has 1 aromatic rings. The van der Waals surface area contributed by atoms with E-state index in [4.69, 9.17) is 4.74 Å². The van der Waals surface area contributed by atoms with Gasteiger partial charge in [0.2, 0.25) is 5.95 Å². The molecule has 0 radical (unpaired) electrons. The normalized spacial score (nSPS) is 28.5. The molecule has 0 N–H and O–H groups in total. The predicted octanol–water partition coefficient (Wildman–Crippen LogP) is 2.35. The maximum Gasteiger partial charge on any atom is 0.225 e. The minimum atomic E-state index is -0.939. The Hall–Kier alpha value is -1.23. The average Bonchev–Trinajstić information content (AvgIpc) is 2.88. The van der Waals surface area contributed by atoms with E-state index in [1.54, 1.807) is 18.5 Å². The van der Waals surface area contributed by atoms with E-state index in [1.807, 2.05) is 0 Å². The molecule has 0 bridgehead atoms. The summed E-state index contributed by atoms with van der Waals surface area (Å²) in [7, 11) is 0. The topological polar surface area (TPSA) is 38.2 Å². The summed E-state index contributed by atoms with van der Waals surface area (Å²) in [4.78, 5) is 10.7. The van der Waals surface area contributed by atoms with E-state index >= 15 is 0 Å². The molecule has 0 amide bonds. The molecule has 5 heteroatoms. The van der Waals surface area contributed by atoms with Crippen LogP contribution in [0.15, 0.2) is 18.5 Å². The van der Waals surface area contributed by atoms with Crippen LogP contribution in [-0.2, 0) is 4.74 Å². The predicted molar refractivity (Wildman–Crippen MR) is 70.9 cm³/mol. The summed E-state index contributed by atoms with van der Waals surface area (Å²) in [6.07, 6.45) is 8.40. The van der Waals surface area contributed by atoms with E-state index in [2.05, 4.69) is 14.9 Å². The minimum absolute atomic E-state index is 0.195. The second-order valence-electron chi connectivity index (χ2n) is 5.37. The summed E-state index contributed by atoms with van der Waals surface area (Å²) in [5.74, 6) is 0.646. The molecule has 0 aromatic carbocycles. The number of hydrogen-bond acceptors (Lipinski definition) is 4. The number of rotatable bonds is 3. The van der Waals surface area contributed by atoms with Gasteiger partial charge in [-0.15, -0.1) is 0 Å². The number of anilines is 1. The summed E-state index contributed by atoms with van der Waals surface area (Å²) in [5, 5.41) is 0. The quantitative estimate of drug-likeness (QED) is 0.841. The zero-order valence-corrected chi connectivity index (χ0v) is 11.0. The van der Waals surface area contributed by atoms with Gasteiger partial charge in [0.15, 0.2) is 0 Å². The summed E-state index contributed by atoms with van der Waals surface area (Å²) < 4.78 is 19.3. The largest absolute Gasteiger partial charge is 0.376 e. The van der Waals surface area contributed by atoms with Gasteiger partial charge < -0.3 is 9.64 Å². The van der Waals surface area contributed by atoms with Gasteiger partial charge in [-0.1, -0.05) is 19.3 Å². The zero-order chi connectivity index (χ0) is 13.1. The molecule has 3 rings (SSSR count). The Morgan fingerprint density at radius 3 is 2.47 bits per heavy atom. The highest BCUT2D eigenvalue weighted by Gasteiger charge is 2.38. The van der Waals surface area contributed by atoms with Crippen molar-refractivity contribution in [3.8, 4) is 0 Å². The van der Waals surface area contributed by atoms with Gasteiger partial charge in [0.1, 0.15) is 6.17 Å². The Bertz CT molecular complexity index is 397. The molecule has 1 aliphatic carbocycles. The average molecular weight is 265 g/mol. The fourth-order valence-electron chi connectivity index (χ4n) is 3.14. The van der Waals surface area contributed by atoms with Gasteiger partial charge in [0.05, 0.1) is 19.3 Å². The molecule has 1 saturated carbocycles. The molecule has 0 spiro atoms. The molecular weight excluding hydrogens is 245 g/mol. The van der Waals surface area contributed by atoms with Crippen molar-refractivity contribution in [2.24, 2.45) is 0 Å². The third-order valence-corrected chi connectivity index (χ3v) is 4.09. The molecule has 19 heavy (non-hydrogen) atoms. The highest BCUT2D eigenvalue weighted by Crippen LogP contribution is 2.30. The van der Waals surface area contributed by atoms with E-state index in [-0.39, 0.29) is 12.6 Å². The lowest BCUT2D eigenvalue weighted by Gasteiger charge is -2.38. The van der Waals surface area contributed by atoms with Crippen LogP contribution in [0.3, 0.4) is 0 Å². The Balaban J connectivity index is 1.86. The van der Waals surface area contributed by atoms with E-state index in [1.165, 1.54) is 19.3 Å². The van der Waals surface area contributed by atoms with Crippen molar-refractivity contribution < 1.29 is 9.13 Å². The molecule has 2 aliphatic rings. The van der Waals surface area contributed by atoms with Gasteiger partial charge in [0, 0.05) is 18.4 Å². The molecule has 104 valence electrons. The van der Waals surface area contributed by atoms with Gasteiger partial charge in [-0.3, -0.25) is 0 Å². The third-order valence-electron chi connectivity index (χ3n) is 4.09. The number of halogens is 1. The maximum atomic E-state index is 14.1. The van der Waals surface area contributed by atoms with Crippen molar-refractivity contribution in [3.05, 3.63) is 18.5 Å². The fourth-order valence-corrected chi connectivity index (χ4v) is 3.14. The van der Waals surface area contributed by atoms with Crippen LogP contribution in [-0.4, -0.2) is 41.4 Å². The molecule has 0 unspecified atom stereocenters. The number of aromatic nitrogens is 2. The van der Waals surface area contributed by atoms with Crippen LogP contribution in [0.5, 0.6) is 0 Å². The minimum Gasteiger partial charge on any atom is -0.376 e. The molecule has 2 heterocycles. The number of hydrogen-bond donors (Lipinski definition) is 0. The van der Waals surface area contributed by atoms with Gasteiger partial charge >= 0.3 is 0 Å². The fraction of sp³-hybridized carbons (Fsp3) is 0.714. The SMILES string of the molecule is F[C@@H]1COC[C@H]1N(c1ncccn1)C1CCCCC1. The molecule has 2 atom stereocenters. The smallest absolute Gasteiger partial charge is 0.225 e. The Morgan fingerprint density at radius 1 is 1.11 bits per heavy atom. The first-order valence-corrected chi connectivity index (χ1v) is 7.13. The van der Waals surface area contributed by atoms with Crippen molar-refractivity contribution in [1.29, 1.82) is 0 Å². The van der Waals surface area contributed by atoms with Crippen molar-refractivity contribution in [1.82, 2.24) is 9.97 Å². The number of nitrogens with zero attached hydrogens (tertiary/aromatic N) is 3. The van der Waals surface area contributed by atoms with Crippen LogP contribution in [0.2, 0.25) is 0 Å². The standard InChI is InChI=1S/C14H20FN3O/c15-12-9-19-10-13(12)18(11-5-2-1-3-6-11)14-16-7-4-8-17-14/h4,7-8,11-13H,1-3,5-6,9-10H2/t12-,13-/m1/s1. The Kier molecular flexibility index (Phi) is 3.92. The summed E-state index contributed by atoms with van der Waals surface area (Å²) in [5.41, 5.74) is 0. The third kappa shape index (κ3) is 2.71. The maximum absolute atomic E-state index is 14.1. The number of alkyl halides is 1. The summed E-state index contributed by atoms with van der Waals surface area (Å²) >= 11 is 0. The summed E-state index contributed by atoms with van der Waals surface area (Å²) in [6, 6.07) is 1.91. The van der Waals surface area contributed by atoms with Crippen LogP contribution in [0.25, 0.3) is 0 Å². The van der Waals surface area contributed by atoms with Crippen molar-refractivity contribution in [2.45, 2.75) is 50.4 Å². The zero-order valence-electron chi connectivity index (χ0n) is 11.0. The van der Waals surface area contributed by atoms with E-state index in [0.29, 0.717) is 18.6 Å². The van der Waals surface area contributed by atoms with Gasteiger partial charge in [-0.25, -0.2) is 14.4 Å². The first-order valence-electron chi connectivity index (χ1n) is 7.13. The Labute approximate surface area is 113 Å². The monoisotopic (exact) mass is 265 g/mol. The van der Waals surface area contributed by atoms with Crippen LogP contribution < -0.4 is 4.90 Å². The second kappa shape index (κ2) is 5.82. The van der Waals surface area contributed by atoms with Gasteiger partial charge in [-0.05, 0) is 18.9 Å². The lowest BCUT2D eigenvalue weighted by molar-refractivity contribution is 0.172. The second-order valence-corrected chi connectivity index (χ2v) is 5.37. The molecule has 1 aromatic heterocycles. The summed E-state index contributed by atoms with van der Waals surface area (Å²) in [6.45, 7) is 0.636. The van der Waals surface area contributed by atoms with Gasteiger partial charge in [-0.2, -0.15) is 0 Å². The first-order chi connectivity index (χ1) is 9.36. The highest BCUT2D eigenvalue weighted by atomic mass is 19.1. The van der Waals surface area contributed by atoms with E-state index in [9.17, 15) is 4.39 Å². The Morgan fingerprint density at radius 2 is 1.84 bits per heavy atom. The van der Waals surface area contributed by atoms with Crippen molar-refractivity contribution >= 4 is 5.95 Å².